The third kappa shape index (κ3) is 20.2. The van der Waals surface area contributed by atoms with E-state index >= 15 is 0 Å². The Bertz CT molecular complexity index is 1080. The Kier molecular flexibility index (Phi) is 22.8. The largest absolute Gasteiger partial charge is 0.494 e. The molecule has 2 aromatic rings. The van der Waals surface area contributed by atoms with Crippen LogP contribution in [0.15, 0.2) is 48.5 Å². The lowest BCUT2D eigenvalue weighted by Crippen LogP contribution is -2.03. The van der Waals surface area contributed by atoms with Crippen molar-refractivity contribution in [3.8, 4) is 11.5 Å². The summed E-state index contributed by atoms with van der Waals surface area (Å²) < 4.78 is 40.8. The third-order valence-corrected chi connectivity index (χ3v) is 9.57. The first-order chi connectivity index (χ1) is 22.8. The van der Waals surface area contributed by atoms with Gasteiger partial charge in [-0.3, -0.25) is 23.2 Å². The van der Waals surface area contributed by atoms with E-state index in [9.17, 15) is 14.2 Å². The van der Waals surface area contributed by atoms with Crippen molar-refractivity contribution in [1.29, 1.82) is 0 Å². The fourth-order valence-corrected chi connectivity index (χ4v) is 6.39. The van der Waals surface area contributed by atoms with Crippen LogP contribution in [0, 0.1) is 0 Å². The Labute approximate surface area is 291 Å². The van der Waals surface area contributed by atoms with Crippen LogP contribution in [-0.2, 0) is 18.1 Å². The number of carbonyl (C=O) groups excluding carboxylic acids is 2. The van der Waals surface area contributed by atoms with Crippen molar-refractivity contribution in [1.82, 2.24) is 0 Å². The Morgan fingerprint density at radius 1 is 0.489 bits per heavy atom. The number of unbranched alkanes of at least 4 members (excludes halogenated alkanes) is 14. The SMILES string of the molecule is CCOP(=O)(OCCCCCCCCCCOc1ccc(C(=O)Cl)cc1)OCCCCCCCCCCOc1ccc(C(=O)Cl)cc1. The van der Waals surface area contributed by atoms with Gasteiger partial charge in [0.1, 0.15) is 11.5 Å². The average molecular weight is 716 g/mol. The molecule has 0 saturated carbocycles. The van der Waals surface area contributed by atoms with Crippen molar-refractivity contribution >= 4 is 41.5 Å². The van der Waals surface area contributed by atoms with Gasteiger partial charge >= 0.3 is 7.82 Å². The van der Waals surface area contributed by atoms with Crippen molar-refractivity contribution in [2.75, 3.05) is 33.0 Å². The van der Waals surface area contributed by atoms with Gasteiger partial charge in [-0.1, -0.05) is 77.0 Å². The molecule has 2 aromatic carbocycles. The summed E-state index contributed by atoms with van der Waals surface area (Å²) in [4.78, 5) is 22.2. The summed E-state index contributed by atoms with van der Waals surface area (Å²) in [5.74, 6) is 1.50. The third-order valence-electron chi connectivity index (χ3n) is 7.56. The standard InChI is InChI=1S/C36H53Cl2O8P/c1-2-44-47(41,45-29-17-13-9-5-3-7-11-15-27-42-33-23-19-31(20-24-33)35(37)39)46-30-18-14-10-6-4-8-12-16-28-43-34-25-21-32(22-26-34)36(38)40/h19-26H,2-18,27-30H2,1H3. The topological polar surface area (TPSA) is 97.4 Å². The number of phosphoric ester groups is 1. The second kappa shape index (κ2) is 26.0. The highest BCUT2D eigenvalue weighted by Crippen LogP contribution is 2.49. The zero-order valence-corrected chi connectivity index (χ0v) is 30.3. The van der Waals surface area contributed by atoms with Gasteiger partial charge in [-0.05, 0) is 104 Å². The van der Waals surface area contributed by atoms with Gasteiger partial charge in [-0.15, -0.1) is 0 Å². The molecular weight excluding hydrogens is 662 g/mol. The lowest BCUT2D eigenvalue weighted by molar-refractivity contribution is 0.107. The molecule has 0 saturated heterocycles. The van der Waals surface area contributed by atoms with Gasteiger partial charge in [-0.2, -0.15) is 0 Å². The molecule has 0 heterocycles. The fourth-order valence-electron chi connectivity index (χ4n) is 4.90. The van der Waals surface area contributed by atoms with Crippen molar-refractivity contribution in [3.05, 3.63) is 59.7 Å². The van der Waals surface area contributed by atoms with Gasteiger partial charge in [0, 0.05) is 11.1 Å². The van der Waals surface area contributed by atoms with Gasteiger partial charge < -0.3 is 9.47 Å². The molecule has 11 heteroatoms. The molecule has 0 unspecified atom stereocenters. The first-order valence-corrected chi connectivity index (χ1v) is 19.4. The van der Waals surface area contributed by atoms with Crippen LogP contribution < -0.4 is 9.47 Å². The van der Waals surface area contributed by atoms with Gasteiger partial charge in [0.25, 0.3) is 10.5 Å². The summed E-state index contributed by atoms with van der Waals surface area (Å²) in [5.41, 5.74) is 0.938. The number of ether oxygens (including phenoxy) is 2. The number of halogens is 2. The van der Waals surface area contributed by atoms with Gasteiger partial charge in [0.05, 0.1) is 33.0 Å². The summed E-state index contributed by atoms with van der Waals surface area (Å²) in [6, 6.07) is 13.8. The smallest absolute Gasteiger partial charge is 0.474 e. The minimum atomic E-state index is -3.50. The predicted molar refractivity (Wildman–Crippen MR) is 189 cm³/mol. The highest BCUT2D eigenvalue weighted by atomic mass is 35.5. The molecule has 0 spiro atoms. The second-order valence-corrected chi connectivity index (χ2v) is 13.8. The molecule has 0 aliphatic carbocycles. The molecule has 0 bridgehead atoms. The van der Waals surface area contributed by atoms with Crippen LogP contribution in [0.2, 0.25) is 0 Å². The normalized spacial score (nSPS) is 11.5. The Morgan fingerprint density at radius 3 is 1.09 bits per heavy atom. The molecule has 0 radical (unpaired) electrons. The van der Waals surface area contributed by atoms with E-state index in [-0.39, 0.29) is 6.61 Å². The molecule has 0 amide bonds. The number of benzene rings is 2. The molecule has 264 valence electrons. The van der Waals surface area contributed by atoms with E-state index < -0.39 is 18.3 Å². The summed E-state index contributed by atoms with van der Waals surface area (Å²) in [6.45, 7) is 4.15. The van der Waals surface area contributed by atoms with E-state index in [2.05, 4.69) is 0 Å². The fraction of sp³-hybridized carbons (Fsp3) is 0.611. The van der Waals surface area contributed by atoms with E-state index in [1.54, 1.807) is 55.5 Å². The molecule has 0 aromatic heterocycles. The minimum Gasteiger partial charge on any atom is -0.494 e. The van der Waals surface area contributed by atoms with Crippen molar-refractivity contribution in [2.24, 2.45) is 0 Å². The molecule has 8 nitrogen and oxygen atoms in total. The molecule has 47 heavy (non-hydrogen) atoms. The first kappa shape index (κ1) is 41.2. The molecule has 0 aliphatic heterocycles. The number of hydrogen-bond acceptors (Lipinski definition) is 8. The predicted octanol–water partition coefficient (Wildman–Crippen LogP) is 11.3. The van der Waals surface area contributed by atoms with Crippen LogP contribution in [0.1, 0.15) is 130 Å². The number of rotatable bonds is 30. The average Bonchev–Trinajstić information content (AvgIpc) is 3.06. The Hall–Kier alpha value is -1.93. The summed E-state index contributed by atoms with van der Waals surface area (Å²) in [7, 11) is -3.50. The van der Waals surface area contributed by atoms with E-state index in [4.69, 9.17) is 46.2 Å². The van der Waals surface area contributed by atoms with Crippen LogP contribution in [0.4, 0.5) is 0 Å². The van der Waals surface area contributed by atoms with E-state index in [1.807, 2.05) is 0 Å². The van der Waals surface area contributed by atoms with E-state index in [0.29, 0.717) is 37.6 Å². The van der Waals surface area contributed by atoms with Crippen LogP contribution in [0.25, 0.3) is 0 Å². The number of phosphoric acid groups is 1. The van der Waals surface area contributed by atoms with Crippen LogP contribution in [-0.4, -0.2) is 43.5 Å². The van der Waals surface area contributed by atoms with E-state index in [1.165, 1.54) is 38.5 Å². The molecular formula is C36H53Cl2O8P. The lowest BCUT2D eigenvalue weighted by Gasteiger charge is -2.17. The van der Waals surface area contributed by atoms with Crippen molar-refractivity contribution in [3.63, 3.8) is 0 Å². The number of carbonyl (C=O) groups is 2. The van der Waals surface area contributed by atoms with Crippen LogP contribution >= 0.6 is 31.0 Å². The molecule has 2 rings (SSSR count). The maximum Gasteiger partial charge on any atom is 0.474 e. The maximum atomic E-state index is 12.9. The zero-order chi connectivity index (χ0) is 34.0. The minimum absolute atomic E-state index is 0.288. The first-order valence-electron chi connectivity index (χ1n) is 17.2. The molecule has 0 N–H and O–H groups in total. The Balaban J connectivity index is 1.37. The summed E-state index contributed by atoms with van der Waals surface area (Å²) >= 11 is 10.9. The molecule has 0 fully saturated rings. The highest BCUT2D eigenvalue weighted by Gasteiger charge is 2.25. The summed E-state index contributed by atoms with van der Waals surface area (Å²) in [5, 5.41) is -0.929. The molecule has 0 aliphatic rings. The van der Waals surface area contributed by atoms with Gasteiger partial charge in [-0.25, -0.2) is 4.57 Å². The van der Waals surface area contributed by atoms with Gasteiger partial charge in [0.2, 0.25) is 0 Å². The van der Waals surface area contributed by atoms with Crippen LogP contribution in [0.3, 0.4) is 0 Å². The second-order valence-electron chi connectivity index (χ2n) is 11.5. The zero-order valence-electron chi connectivity index (χ0n) is 27.9. The maximum absolute atomic E-state index is 12.9. The monoisotopic (exact) mass is 714 g/mol. The lowest BCUT2D eigenvalue weighted by atomic mass is 10.1. The van der Waals surface area contributed by atoms with Gasteiger partial charge in [0.15, 0.2) is 0 Å². The highest BCUT2D eigenvalue weighted by molar-refractivity contribution is 7.48. The van der Waals surface area contributed by atoms with Crippen molar-refractivity contribution in [2.45, 2.75) is 110 Å². The molecule has 0 atom stereocenters. The Morgan fingerprint density at radius 2 is 0.787 bits per heavy atom. The summed E-state index contributed by atoms with van der Waals surface area (Å²) in [6.07, 6.45) is 17.2. The van der Waals surface area contributed by atoms with Crippen LogP contribution in [0.5, 0.6) is 11.5 Å². The van der Waals surface area contributed by atoms with E-state index in [0.717, 1.165) is 75.7 Å². The number of hydrogen-bond donors (Lipinski definition) is 0. The quantitative estimate of drug-likeness (QED) is 0.0448. The van der Waals surface area contributed by atoms with Crippen molar-refractivity contribution < 1.29 is 37.2 Å².